The number of halogens is 1. The summed E-state index contributed by atoms with van der Waals surface area (Å²) < 4.78 is 5.65. The minimum absolute atomic E-state index is 0.189. The fraction of sp³-hybridized carbons (Fsp3) is 0.0667. The number of benzene rings is 1. The topological polar surface area (TPSA) is 62.6 Å². The van der Waals surface area contributed by atoms with Gasteiger partial charge in [-0.2, -0.15) is 0 Å². The van der Waals surface area contributed by atoms with E-state index in [4.69, 9.17) is 16.0 Å². The predicted molar refractivity (Wildman–Crippen MR) is 78.4 cm³/mol. The number of hydrogen-bond acceptors (Lipinski definition) is 3. The molecule has 2 aromatic rings. The van der Waals surface area contributed by atoms with Crippen molar-refractivity contribution in [3.63, 3.8) is 0 Å². The Morgan fingerprint density at radius 1 is 1.24 bits per heavy atom. The fourth-order valence-corrected chi connectivity index (χ4v) is 2.18. The van der Waals surface area contributed by atoms with Gasteiger partial charge in [0.2, 0.25) is 0 Å². The molecular formula is C15H11ClN2O3. The third kappa shape index (κ3) is 2.55. The third-order valence-electron chi connectivity index (χ3n) is 3.10. The van der Waals surface area contributed by atoms with Gasteiger partial charge in [0.25, 0.3) is 5.91 Å². The van der Waals surface area contributed by atoms with Gasteiger partial charge in [-0.15, -0.1) is 0 Å². The summed E-state index contributed by atoms with van der Waals surface area (Å²) in [5.41, 5.74) is 1.03. The number of rotatable bonds is 2. The van der Waals surface area contributed by atoms with E-state index in [1.165, 1.54) is 13.1 Å². The standard InChI is InChI=1S/C15H11ClN2O3/c1-18-14(19)12(17-15(18)20)8-11-5-6-13(21-11)9-3-2-4-10(16)7-9/h2-8H,1H3,(H,17,20)/b12-8+. The van der Waals surface area contributed by atoms with Gasteiger partial charge in [-0.25, -0.2) is 4.79 Å². The minimum Gasteiger partial charge on any atom is -0.457 e. The molecule has 3 rings (SSSR count). The van der Waals surface area contributed by atoms with E-state index in [0.717, 1.165) is 10.5 Å². The zero-order chi connectivity index (χ0) is 15.0. The maximum atomic E-state index is 11.8. The molecule has 0 unspecified atom stereocenters. The number of carbonyl (C=O) groups is 2. The molecule has 1 saturated heterocycles. The number of furan rings is 1. The minimum atomic E-state index is -0.451. The molecule has 3 amide bonds. The molecule has 2 heterocycles. The number of likely N-dealkylation sites (N-methyl/N-ethyl adjacent to an activating group) is 1. The summed E-state index contributed by atoms with van der Waals surface area (Å²) in [7, 11) is 1.41. The van der Waals surface area contributed by atoms with Crippen molar-refractivity contribution in [2.75, 3.05) is 7.05 Å². The van der Waals surface area contributed by atoms with Gasteiger partial charge in [0.05, 0.1) is 0 Å². The van der Waals surface area contributed by atoms with Crippen molar-refractivity contribution in [3.8, 4) is 11.3 Å². The van der Waals surface area contributed by atoms with Gasteiger partial charge in [-0.1, -0.05) is 23.7 Å². The van der Waals surface area contributed by atoms with Gasteiger partial charge in [0.1, 0.15) is 17.2 Å². The molecule has 1 N–H and O–H groups in total. The van der Waals surface area contributed by atoms with Crippen LogP contribution in [0.4, 0.5) is 4.79 Å². The molecule has 0 atom stereocenters. The van der Waals surface area contributed by atoms with Crippen molar-refractivity contribution in [1.29, 1.82) is 0 Å². The van der Waals surface area contributed by atoms with Crippen LogP contribution < -0.4 is 5.32 Å². The molecule has 6 heteroatoms. The Balaban J connectivity index is 1.89. The summed E-state index contributed by atoms with van der Waals surface area (Å²) in [5.74, 6) is 0.721. The van der Waals surface area contributed by atoms with Gasteiger partial charge < -0.3 is 9.73 Å². The maximum absolute atomic E-state index is 11.8. The molecule has 0 radical (unpaired) electrons. The lowest BCUT2D eigenvalue weighted by atomic mass is 10.2. The van der Waals surface area contributed by atoms with Crippen LogP contribution in [0.1, 0.15) is 5.76 Å². The summed E-state index contributed by atoms with van der Waals surface area (Å²) in [6.45, 7) is 0. The predicted octanol–water partition coefficient (Wildman–Crippen LogP) is 3.12. The summed E-state index contributed by atoms with van der Waals surface area (Å²) >= 11 is 5.94. The van der Waals surface area contributed by atoms with Crippen molar-refractivity contribution in [2.45, 2.75) is 0 Å². The average Bonchev–Trinajstić information content (AvgIpc) is 3.01. The Bertz CT molecular complexity index is 764. The largest absolute Gasteiger partial charge is 0.457 e. The van der Waals surface area contributed by atoms with Crippen LogP contribution in [-0.4, -0.2) is 23.9 Å². The number of urea groups is 1. The molecule has 5 nitrogen and oxygen atoms in total. The average molecular weight is 303 g/mol. The molecule has 1 aromatic heterocycles. The lowest BCUT2D eigenvalue weighted by molar-refractivity contribution is -0.121. The van der Waals surface area contributed by atoms with E-state index in [1.807, 2.05) is 12.1 Å². The van der Waals surface area contributed by atoms with E-state index >= 15 is 0 Å². The highest BCUT2D eigenvalue weighted by Crippen LogP contribution is 2.26. The monoisotopic (exact) mass is 302 g/mol. The SMILES string of the molecule is CN1C(=O)N/C(=C/c2ccc(-c3cccc(Cl)c3)o2)C1=O. The molecule has 0 spiro atoms. The van der Waals surface area contributed by atoms with Crippen LogP contribution in [0, 0.1) is 0 Å². The number of carbonyl (C=O) groups excluding carboxylic acids is 2. The van der Waals surface area contributed by atoms with Gasteiger partial charge in [0.15, 0.2) is 0 Å². The van der Waals surface area contributed by atoms with E-state index in [2.05, 4.69) is 5.32 Å². The van der Waals surface area contributed by atoms with Crippen molar-refractivity contribution in [2.24, 2.45) is 0 Å². The normalized spacial score (nSPS) is 16.7. The first-order chi connectivity index (χ1) is 10.0. The highest BCUT2D eigenvalue weighted by molar-refractivity contribution is 6.30. The van der Waals surface area contributed by atoms with Crippen LogP contribution >= 0.6 is 11.6 Å². The second-order valence-corrected chi connectivity index (χ2v) is 5.00. The Morgan fingerprint density at radius 3 is 2.71 bits per heavy atom. The molecule has 1 fully saturated rings. The molecular weight excluding hydrogens is 292 g/mol. The van der Waals surface area contributed by atoms with Crippen molar-refractivity contribution < 1.29 is 14.0 Å². The molecule has 0 aliphatic carbocycles. The molecule has 0 bridgehead atoms. The summed E-state index contributed by atoms with van der Waals surface area (Å²) in [4.78, 5) is 24.1. The molecule has 0 saturated carbocycles. The first-order valence-corrected chi connectivity index (χ1v) is 6.59. The van der Waals surface area contributed by atoms with Gasteiger partial charge in [-0.05, 0) is 24.3 Å². The van der Waals surface area contributed by atoms with E-state index in [-0.39, 0.29) is 11.6 Å². The van der Waals surface area contributed by atoms with Crippen LogP contribution in [-0.2, 0) is 4.79 Å². The zero-order valence-electron chi connectivity index (χ0n) is 11.1. The zero-order valence-corrected chi connectivity index (χ0v) is 11.8. The highest BCUT2D eigenvalue weighted by atomic mass is 35.5. The van der Waals surface area contributed by atoms with E-state index in [1.54, 1.807) is 24.3 Å². The fourth-order valence-electron chi connectivity index (χ4n) is 1.99. The molecule has 1 aromatic carbocycles. The first kappa shape index (κ1) is 13.5. The summed E-state index contributed by atoms with van der Waals surface area (Å²) in [5, 5.41) is 3.09. The second-order valence-electron chi connectivity index (χ2n) is 4.56. The van der Waals surface area contributed by atoms with Crippen molar-refractivity contribution in [3.05, 3.63) is 52.9 Å². The Morgan fingerprint density at radius 2 is 2.05 bits per heavy atom. The first-order valence-electron chi connectivity index (χ1n) is 6.21. The Labute approximate surface area is 125 Å². The van der Waals surface area contributed by atoms with E-state index < -0.39 is 6.03 Å². The van der Waals surface area contributed by atoms with Crippen molar-refractivity contribution >= 4 is 29.6 Å². The van der Waals surface area contributed by atoms with Crippen LogP contribution in [0.15, 0.2) is 46.5 Å². The smallest absolute Gasteiger partial charge is 0.328 e. The van der Waals surface area contributed by atoms with E-state index in [9.17, 15) is 9.59 Å². The highest BCUT2D eigenvalue weighted by Gasteiger charge is 2.30. The van der Waals surface area contributed by atoms with Crippen LogP contribution in [0.2, 0.25) is 5.02 Å². The van der Waals surface area contributed by atoms with Crippen molar-refractivity contribution in [1.82, 2.24) is 10.2 Å². The summed E-state index contributed by atoms with van der Waals surface area (Å²) in [6, 6.07) is 10.3. The third-order valence-corrected chi connectivity index (χ3v) is 3.34. The van der Waals surface area contributed by atoms with Crippen LogP contribution in [0.3, 0.4) is 0 Å². The second kappa shape index (κ2) is 5.10. The van der Waals surface area contributed by atoms with E-state index in [0.29, 0.717) is 16.5 Å². The number of nitrogens with zero attached hydrogens (tertiary/aromatic N) is 1. The number of amides is 3. The lowest BCUT2D eigenvalue weighted by Crippen LogP contribution is -2.25. The van der Waals surface area contributed by atoms with Crippen LogP contribution in [0.5, 0.6) is 0 Å². The number of hydrogen-bond donors (Lipinski definition) is 1. The molecule has 21 heavy (non-hydrogen) atoms. The number of nitrogens with one attached hydrogen (secondary N) is 1. The quantitative estimate of drug-likeness (QED) is 0.685. The maximum Gasteiger partial charge on any atom is 0.328 e. The molecule has 106 valence electrons. The van der Waals surface area contributed by atoms with Crippen LogP contribution in [0.25, 0.3) is 17.4 Å². The number of imide groups is 1. The summed E-state index contributed by atoms with van der Waals surface area (Å²) in [6.07, 6.45) is 1.50. The Hall–Kier alpha value is -2.53. The molecule has 1 aliphatic rings. The lowest BCUT2D eigenvalue weighted by Gasteiger charge is -1.99. The van der Waals surface area contributed by atoms with Gasteiger partial charge in [0, 0.05) is 23.7 Å². The van der Waals surface area contributed by atoms with Gasteiger partial charge >= 0.3 is 6.03 Å². The molecule has 1 aliphatic heterocycles. The van der Waals surface area contributed by atoms with Gasteiger partial charge in [-0.3, -0.25) is 9.69 Å². The Kier molecular flexibility index (Phi) is 3.27.